The van der Waals surface area contributed by atoms with Crippen molar-refractivity contribution in [2.75, 3.05) is 18.1 Å². The highest BCUT2D eigenvalue weighted by Crippen LogP contribution is 2.25. The molecule has 0 fully saturated rings. The average Bonchev–Trinajstić information content (AvgIpc) is 2.03. The van der Waals surface area contributed by atoms with E-state index < -0.39 is 0 Å². The van der Waals surface area contributed by atoms with Crippen molar-refractivity contribution in [2.45, 2.75) is 4.90 Å². The van der Waals surface area contributed by atoms with Crippen LogP contribution in [-0.4, -0.2) is 17.5 Å². The molecule has 0 heterocycles. The second kappa shape index (κ2) is 4.94. The van der Waals surface area contributed by atoms with Crippen molar-refractivity contribution in [1.29, 1.82) is 0 Å². The molecule has 0 atom stereocenters. The molecule has 0 aliphatic carbocycles. The topological polar surface area (TPSA) is 46.2 Å². The number of nitrogens with two attached hydrogens (primary N) is 1. The molecule has 1 aromatic rings. The van der Waals surface area contributed by atoms with Gasteiger partial charge in [-0.05, 0) is 40.8 Å². The highest BCUT2D eigenvalue weighted by Gasteiger charge is 1.99. The van der Waals surface area contributed by atoms with Crippen LogP contribution in [-0.2, 0) is 0 Å². The van der Waals surface area contributed by atoms with Crippen LogP contribution >= 0.6 is 34.4 Å². The maximum atomic E-state index is 8.61. The van der Waals surface area contributed by atoms with Crippen molar-refractivity contribution in [1.82, 2.24) is 0 Å². The third kappa shape index (κ3) is 2.84. The van der Waals surface area contributed by atoms with Crippen LogP contribution in [0.1, 0.15) is 0 Å². The van der Waals surface area contributed by atoms with Gasteiger partial charge < -0.3 is 10.8 Å². The van der Waals surface area contributed by atoms with Gasteiger partial charge in [-0.1, -0.05) is 0 Å². The van der Waals surface area contributed by atoms with Crippen molar-refractivity contribution in [3.8, 4) is 0 Å². The van der Waals surface area contributed by atoms with Gasteiger partial charge in [-0.2, -0.15) is 0 Å². The van der Waals surface area contributed by atoms with E-state index in [4.69, 9.17) is 10.8 Å². The summed E-state index contributed by atoms with van der Waals surface area (Å²) in [5.41, 5.74) is 6.55. The number of thioether (sulfide) groups is 1. The molecule has 0 aliphatic rings. The average molecular weight is 295 g/mol. The van der Waals surface area contributed by atoms with E-state index in [1.54, 1.807) is 11.8 Å². The van der Waals surface area contributed by atoms with Gasteiger partial charge in [0.2, 0.25) is 0 Å². The number of aliphatic hydroxyl groups excluding tert-OH is 1. The van der Waals surface area contributed by atoms with E-state index in [1.807, 2.05) is 18.2 Å². The van der Waals surface area contributed by atoms with Crippen LogP contribution in [0.25, 0.3) is 0 Å². The Morgan fingerprint density at radius 3 is 2.83 bits per heavy atom. The van der Waals surface area contributed by atoms with Gasteiger partial charge in [0.15, 0.2) is 0 Å². The molecular weight excluding hydrogens is 285 g/mol. The fraction of sp³-hybridized carbons (Fsp3) is 0.250. The van der Waals surface area contributed by atoms with Crippen LogP contribution in [0.4, 0.5) is 5.69 Å². The second-order valence-corrected chi connectivity index (χ2v) is 4.64. The van der Waals surface area contributed by atoms with Gasteiger partial charge in [-0.3, -0.25) is 0 Å². The molecule has 12 heavy (non-hydrogen) atoms. The Balaban J connectivity index is 2.72. The van der Waals surface area contributed by atoms with E-state index in [-0.39, 0.29) is 6.61 Å². The van der Waals surface area contributed by atoms with Crippen LogP contribution in [0.2, 0.25) is 0 Å². The van der Waals surface area contributed by atoms with Crippen LogP contribution in [0.15, 0.2) is 23.1 Å². The van der Waals surface area contributed by atoms with E-state index in [0.29, 0.717) is 5.75 Å². The summed E-state index contributed by atoms with van der Waals surface area (Å²) in [4.78, 5) is 1.05. The van der Waals surface area contributed by atoms with E-state index in [0.717, 1.165) is 14.2 Å². The Bertz CT molecular complexity index is 267. The van der Waals surface area contributed by atoms with Gasteiger partial charge in [0, 0.05) is 19.9 Å². The van der Waals surface area contributed by atoms with E-state index in [9.17, 15) is 0 Å². The lowest BCUT2D eigenvalue weighted by atomic mass is 10.3. The molecular formula is C8H10INOS. The van der Waals surface area contributed by atoms with Crippen molar-refractivity contribution in [3.05, 3.63) is 21.8 Å². The lowest BCUT2D eigenvalue weighted by Crippen LogP contribution is -1.91. The lowest BCUT2D eigenvalue weighted by Gasteiger charge is -2.03. The summed E-state index contributed by atoms with van der Waals surface area (Å²) in [5.74, 6) is 0.699. The fourth-order valence-corrected chi connectivity index (χ4v) is 2.02. The Kier molecular flexibility index (Phi) is 4.17. The third-order valence-corrected chi connectivity index (χ3v) is 3.06. The summed E-state index contributed by atoms with van der Waals surface area (Å²) in [5, 5.41) is 8.61. The Morgan fingerprint density at radius 2 is 2.25 bits per heavy atom. The largest absolute Gasteiger partial charge is 0.398 e. The number of aliphatic hydroxyl groups is 1. The van der Waals surface area contributed by atoms with Crippen molar-refractivity contribution < 1.29 is 5.11 Å². The molecule has 0 saturated carbocycles. The summed E-state index contributed by atoms with van der Waals surface area (Å²) < 4.78 is 1.14. The highest BCUT2D eigenvalue weighted by molar-refractivity contribution is 14.1. The van der Waals surface area contributed by atoms with Crippen molar-refractivity contribution >= 4 is 40.0 Å². The molecule has 0 amide bonds. The third-order valence-electron chi connectivity index (χ3n) is 1.32. The van der Waals surface area contributed by atoms with Crippen LogP contribution in [0.5, 0.6) is 0 Å². The molecule has 0 aliphatic heterocycles. The molecule has 4 heteroatoms. The smallest absolute Gasteiger partial charge is 0.0525 e. The predicted octanol–water partition coefficient (Wildman–Crippen LogP) is 1.96. The SMILES string of the molecule is Nc1cc(I)ccc1SCCO. The summed E-state index contributed by atoms with van der Waals surface area (Å²) in [7, 11) is 0. The van der Waals surface area contributed by atoms with Gasteiger partial charge in [-0.15, -0.1) is 11.8 Å². The maximum absolute atomic E-state index is 8.61. The number of hydrogen-bond acceptors (Lipinski definition) is 3. The first-order valence-corrected chi connectivity index (χ1v) is 5.59. The zero-order valence-electron chi connectivity index (χ0n) is 6.46. The van der Waals surface area contributed by atoms with Crippen LogP contribution < -0.4 is 5.73 Å². The zero-order chi connectivity index (χ0) is 8.97. The van der Waals surface area contributed by atoms with E-state index in [2.05, 4.69) is 22.6 Å². The van der Waals surface area contributed by atoms with Crippen molar-refractivity contribution in [2.24, 2.45) is 0 Å². The number of halogens is 1. The molecule has 0 unspecified atom stereocenters. The number of anilines is 1. The Hall–Kier alpha value is 0.0600. The van der Waals surface area contributed by atoms with E-state index in [1.165, 1.54) is 0 Å². The van der Waals surface area contributed by atoms with Crippen molar-refractivity contribution in [3.63, 3.8) is 0 Å². The molecule has 0 saturated heterocycles. The lowest BCUT2D eigenvalue weighted by molar-refractivity contribution is 0.322. The molecule has 0 spiro atoms. The Labute approximate surface area is 89.7 Å². The molecule has 2 nitrogen and oxygen atoms in total. The minimum atomic E-state index is 0.191. The second-order valence-electron chi connectivity index (χ2n) is 2.25. The van der Waals surface area contributed by atoms with Gasteiger partial charge in [-0.25, -0.2) is 0 Å². The van der Waals surface area contributed by atoms with E-state index >= 15 is 0 Å². The van der Waals surface area contributed by atoms with Crippen LogP contribution in [0.3, 0.4) is 0 Å². The molecule has 0 aromatic heterocycles. The zero-order valence-corrected chi connectivity index (χ0v) is 9.43. The molecule has 1 aromatic carbocycles. The van der Waals surface area contributed by atoms with Gasteiger partial charge in [0.05, 0.1) is 6.61 Å². The standard InChI is InChI=1S/C8H10INOS/c9-6-1-2-8(7(10)5-6)12-4-3-11/h1-2,5,11H,3-4,10H2. The summed E-state index contributed by atoms with van der Waals surface area (Å²) in [6.45, 7) is 0.191. The summed E-state index contributed by atoms with van der Waals surface area (Å²) in [6, 6.07) is 5.92. The number of hydrogen-bond donors (Lipinski definition) is 2. The summed E-state index contributed by atoms with van der Waals surface area (Å²) >= 11 is 3.80. The van der Waals surface area contributed by atoms with Gasteiger partial charge in [0.25, 0.3) is 0 Å². The molecule has 66 valence electrons. The normalized spacial score (nSPS) is 10.2. The molecule has 0 radical (unpaired) electrons. The number of nitrogen functional groups attached to an aromatic ring is 1. The molecule has 0 bridgehead atoms. The summed E-state index contributed by atoms with van der Waals surface area (Å²) in [6.07, 6.45) is 0. The minimum Gasteiger partial charge on any atom is -0.398 e. The van der Waals surface area contributed by atoms with Gasteiger partial charge >= 0.3 is 0 Å². The fourth-order valence-electron chi connectivity index (χ4n) is 0.806. The van der Waals surface area contributed by atoms with Gasteiger partial charge in [0.1, 0.15) is 0 Å². The first-order chi connectivity index (χ1) is 5.74. The first kappa shape index (κ1) is 10.1. The Morgan fingerprint density at radius 1 is 1.50 bits per heavy atom. The highest BCUT2D eigenvalue weighted by atomic mass is 127. The number of benzene rings is 1. The minimum absolute atomic E-state index is 0.191. The van der Waals surface area contributed by atoms with Crippen LogP contribution in [0, 0.1) is 3.57 Å². The quantitative estimate of drug-likeness (QED) is 0.509. The maximum Gasteiger partial charge on any atom is 0.0525 e. The monoisotopic (exact) mass is 295 g/mol. The molecule has 3 N–H and O–H groups in total. The predicted molar refractivity (Wildman–Crippen MR) is 61.4 cm³/mol. The number of rotatable bonds is 3. The first-order valence-electron chi connectivity index (χ1n) is 3.52. The molecule has 1 rings (SSSR count).